The lowest BCUT2D eigenvalue weighted by molar-refractivity contribution is -0.141. The number of imidazole rings is 1. The molecule has 0 spiro atoms. The average Bonchev–Trinajstić information content (AvgIpc) is 2.97. The number of allylic oxidation sites excluding steroid dienone is 1. The van der Waals surface area contributed by atoms with Crippen LogP contribution in [-0.2, 0) is 10.9 Å². The summed E-state index contributed by atoms with van der Waals surface area (Å²) in [5.41, 5.74) is 0.588. The maximum absolute atomic E-state index is 12.8. The van der Waals surface area contributed by atoms with Gasteiger partial charge in [-0.1, -0.05) is 6.92 Å². The van der Waals surface area contributed by atoms with E-state index >= 15 is 0 Å². The van der Waals surface area contributed by atoms with Gasteiger partial charge in [0.15, 0.2) is 0 Å². The topological polar surface area (TPSA) is 51.5 Å². The number of alkyl halides is 3. The predicted molar refractivity (Wildman–Crippen MR) is 86.1 cm³/mol. The maximum Gasteiger partial charge on any atom is 0.433 e. The summed E-state index contributed by atoms with van der Waals surface area (Å²) < 4.78 is 45.1. The number of nitrogens with one attached hydrogen (secondary N) is 1. The van der Waals surface area contributed by atoms with Gasteiger partial charge in [-0.3, -0.25) is 4.40 Å². The Labute approximate surface area is 140 Å². The van der Waals surface area contributed by atoms with Crippen LogP contribution in [0.5, 0.6) is 0 Å². The Bertz CT molecular complexity index is 826. The Morgan fingerprint density at radius 3 is 2.88 bits per heavy atom. The van der Waals surface area contributed by atoms with Crippen LogP contribution in [0.3, 0.4) is 0 Å². The van der Waals surface area contributed by atoms with E-state index in [1.54, 1.807) is 25.1 Å². The molecule has 1 N–H and O–H groups in total. The summed E-state index contributed by atoms with van der Waals surface area (Å²) in [7, 11) is 1.60. The van der Waals surface area contributed by atoms with Crippen molar-refractivity contribution in [2.24, 2.45) is 0 Å². The van der Waals surface area contributed by atoms with Gasteiger partial charge in [0.05, 0.1) is 19.4 Å². The van der Waals surface area contributed by atoms with Gasteiger partial charge in [-0.2, -0.15) is 13.2 Å². The highest BCUT2D eigenvalue weighted by Crippen LogP contribution is 2.31. The summed E-state index contributed by atoms with van der Waals surface area (Å²) >= 11 is 1.61. The molecule has 3 heterocycles. The molecular formula is C15H15F3N4OS. The van der Waals surface area contributed by atoms with Crippen LogP contribution in [0.25, 0.3) is 11.3 Å². The zero-order valence-electron chi connectivity index (χ0n) is 13.0. The molecule has 1 aliphatic rings. The number of hydrogen-bond donors (Lipinski definition) is 1. The van der Waals surface area contributed by atoms with Gasteiger partial charge in [-0.25, -0.2) is 9.97 Å². The van der Waals surface area contributed by atoms with Crippen LogP contribution in [0, 0.1) is 0 Å². The number of rotatable bonds is 4. The summed E-state index contributed by atoms with van der Waals surface area (Å²) in [6.45, 7) is 2.52. The molecular weight excluding hydrogens is 341 g/mol. The number of hydrogen-bond acceptors (Lipinski definition) is 5. The molecule has 0 saturated heterocycles. The minimum atomic E-state index is -4.49. The Hall–Kier alpha value is -2.16. The van der Waals surface area contributed by atoms with Gasteiger partial charge in [0.25, 0.3) is 0 Å². The molecule has 0 bridgehead atoms. The minimum Gasteiger partial charge on any atom is -0.499 e. The Morgan fingerprint density at radius 2 is 2.21 bits per heavy atom. The van der Waals surface area contributed by atoms with Crippen LogP contribution in [-0.4, -0.2) is 33.8 Å². The van der Waals surface area contributed by atoms with Crippen molar-refractivity contribution in [3.63, 3.8) is 0 Å². The third kappa shape index (κ3) is 3.21. The fourth-order valence-corrected chi connectivity index (χ4v) is 3.16. The van der Waals surface area contributed by atoms with E-state index in [4.69, 9.17) is 4.74 Å². The molecule has 0 aromatic carbocycles. The predicted octanol–water partition coefficient (Wildman–Crippen LogP) is 3.30. The molecule has 9 heteroatoms. The van der Waals surface area contributed by atoms with Crippen molar-refractivity contribution in [3.8, 4) is 0 Å². The van der Waals surface area contributed by atoms with Gasteiger partial charge in [0.1, 0.15) is 29.1 Å². The van der Waals surface area contributed by atoms with Gasteiger partial charge in [-0.05, 0) is 11.8 Å². The molecule has 5 nitrogen and oxygen atoms in total. The molecule has 2 aromatic rings. The van der Waals surface area contributed by atoms with Crippen LogP contribution in [0.15, 0.2) is 35.3 Å². The molecule has 24 heavy (non-hydrogen) atoms. The van der Waals surface area contributed by atoms with Gasteiger partial charge in [0, 0.05) is 17.2 Å². The molecule has 3 rings (SSSR count). The Balaban J connectivity index is 2.06. The fraction of sp³-hybridized carbons (Fsp3) is 0.333. The van der Waals surface area contributed by atoms with E-state index < -0.39 is 11.9 Å². The zero-order chi connectivity index (χ0) is 17.3. The number of thioether (sulfide) groups is 1. The summed E-state index contributed by atoms with van der Waals surface area (Å²) in [5.74, 6) is 1.64. The van der Waals surface area contributed by atoms with Crippen LogP contribution >= 0.6 is 11.8 Å². The van der Waals surface area contributed by atoms with Crippen molar-refractivity contribution in [2.45, 2.75) is 13.1 Å². The van der Waals surface area contributed by atoms with E-state index in [-0.39, 0.29) is 5.65 Å². The number of dihydropyridines is 1. The molecule has 0 fully saturated rings. The zero-order valence-corrected chi connectivity index (χ0v) is 13.8. The van der Waals surface area contributed by atoms with Gasteiger partial charge < -0.3 is 10.1 Å². The fourth-order valence-electron chi connectivity index (χ4n) is 2.32. The van der Waals surface area contributed by atoms with E-state index in [9.17, 15) is 13.2 Å². The van der Waals surface area contributed by atoms with E-state index in [0.29, 0.717) is 12.2 Å². The van der Waals surface area contributed by atoms with Gasteiger partial charge in [-0.15, -0.1) is 11.8 Å². The molecule has 0 atom stereocenters. The number of methoxy groups -OCH3 is 1. The second-order valence-corrected chi connectivity index (χ2v) is 6.31. The first kappa shape index (κ1) is 16.7. The van der Waals surface area contributed by atoms with E-state index in [0.717, 1.165) is 34.5 Å². The summed E-state index contributed by atoms with van der Waals surface area (Å²) in [4.78, 5) is 8.69. The van der Waals surface area contributed by atoms with Crippen molar-refractivity contribution in [1.29, 1.82) is 0 Å². The van der Waals surface area contributed by atoms with Crippen LogP contribution in [0.4, 0.5) is 13.2 Å². The van der Waals surface area contributed by atoms with Crippen molar-refractivity contribution in [3.05, 3.63) is 46.7 Å². The molecule has 128 valence electrons. The molecule has 2 aromatic heterocycles. The van der Waals surface area contributed by atoms with Gasteiger partial charge in [0.2, 0.25) is 0 Å². The van der Waals surface area contributed by atoms with E-state index in [2.05, 4.69) is 15.3 Å². The van der Waals surface area contributed by atoms with Gasteiger partial charge >= 0.3 is 6.18 Å². The Kier molecular flexibility index (Phi) is 4.44. The first-order valence-electron chi connectivity index (χ1n) is 7.20. The molecule has 0 radical (unpaired) electrons. The molecule has 0 unspecified atom stereocenters. The molecule has 1 aliphatic heterocycles. The molecule has 0 aliphatic carbocycles. The number of aromatic nitrogens is 3. The number of ether oxygens (including phenoxy) is 1. The second-order valence-electron chi connectivity index (χ2n) is 5.00. The highest BCUT2D eigenvalue weighted by molar-refractivity contribution is 8.03. The monoisotopic (exact) mass is 356 g/mol. The van der Waals surface area contributed by atoms with Crippen molar-refractivity contribution >= 4 is 23.1 Å². The maximum atomic E-state index is 12.8. The van der Waals surface area contributed by atoms with E-state index in [1.165, 1.54) is 4.40 Å². The summed E-state index contributed by atoms with van der Waals surface area (Å²) in [6.07, 6.45) is 0.215. The first-order valence-corrected chi connectivity index (χ1v) is 8.18. The number of nitrogens with zero attached hydrogens (tertiary/aromatic N) is 3. The first-order chi connectivity index (χ1) is 11.4. The number of fused-ring (bicyclic) bond motifs is 1. The lowest BCUT2D eigenvalue weighted by Crippen LogP contribution is -2.21. The minimum absolute atomic E-state index is 0.198. The van der Waals surface area contributed by atoms with Crippen LogP contribution in [0.1, 0.15) is 18.3 Å². The smallest absolute Gasteiger partial charge is 0.433 e. The Morgan fingerprint density at radius 1 is 1.42 bits per heavy atom. The summed E-state index contributed by atoms with van der Waals surface area (Å²) in [5, 5.41) is 3.22. The molecule has 0 amide bonds. The highest BCUT2D eigenvalue weighted by atomic mass is 32.2. The van der Waals surface area contributed by atoms with Crippen molar-refractivity contribution in [1.82, 2.24) is 19.7 Å². The van der Waals surface area contributed by atoms with Crippen LogP contribution in [0.2, 0.25) is 0 Å². The van der Waals surface area contributed by atoms with Crippen molar-refractivity contribution < 1.29 is 17.9 Å². The lowest BCUT2D eigenvalue weighted by Gasteiger charge is -2.19. The third-order valence-corrected chi connectivity index (χ3v) is 4.36. The second kappa shape index (κ2) is 6.39. The normalized spacial score (nSPS) is 15.5. The average molecular weight is 356 g/mol. The third-order valence-electron chi connectivity index (χ3n) is 3.43. The summed E-state index contributed by atoms with van der Waals surface area (Å²) in [6, 6.07) is 0.940. The highest BCUT2D eigenvalue weighted by Gasteiger charge is 2.33. The lowest BCUT2D eigenvalue weighted by atomic mass is 10.2. The number of halogens is 3. The van der Waals surface area contributed by atoms with Crippen molar-refractivity contribution in [2.75, 3.05) is 19.4 Å². The molecule has 0 saturated carbocycles. The van der Waals surface area contributed by atoms with E-state index in [1.807, 2.05) is 13.0 Å². The standard InChI is InChI=1S/C15H15F3N4OS/c1-3-24-11-4-9(23-2)6-19-14(11)10-7-22-8-20-12(15(16,17)18)5-13(22)21-10/h4-5,7-8,19H,3,6H2,1-2H3. The largest absolute Gasteiger partial charge is 0.499 e. The van der Waals surface area contributed by atoms with Crippen LogP contribution < -0.4 is 5.32 Å². The quantitative estimate of drug-likeness (QED) is 0.911. The SMILES string of the molecule is CCSC1=C(c2cn3cnc(C(F)(F)F)cc3n2)NCC(OC)=C1.